The number of esters is 1. The van der Waals surface area contributed by atoms with Gasteiger partial charge in [0.15, 0.2) is 0 Å². The largest absolute Gasteiger partial charge is 0.460 e. The predicted molar refractivity (Wildman–Crippen MR) is 87.7 cm³/mol. The fraction of sp³-hybridized carbons (Fsp3) is 0.316. The molecule has 0 aromatic heterocycles. The Labute approximate surface area is 136 Å². The fourth-order valence-electron chi connectivity index (χ4n) is 2.69. The third-order valence-corrected chi connectivity index (χ3v) is 3.96. The number of rotatable bonds is 5. The fourth-order valence-corrected chi connectivity index (χ4v) is 2.69. The zero-order valence-electron chi connectivity index (χ0n) is 13.1. The van der Waals surface area contributed by atoms with Crippen LogP contribution in [0.1, 0.15) is 11.1 Å². The van der Waals surface area contributed by atoms with E-state index in [0.717, 1.165) is 18.7 Å². The molecular formula is C19H21NO3. The van der Waals surface area contributed by atoms with Gasteiger partial charge in [0.2, 0.25) is 0 Å². The minimum atomic E-state index is -0.340. The van der Waals surface area contributed by atoms with Crippen LogP contribution in [0.25, 0.3) is 0 Å². The highest BCUT2D eigenvalue weighted by Gasteiger charge is 2.30. The van der Waals surface area contributed by atoms with Crippen molar-refractivity contribution in [3.8, 4) is 0 Å². The van der Waals surface area contributed by atoms with Gasteiger partial charge in [-0.15, -0.1) is 0 Å². The molecular weight excluding hydrogens is 290 g/mol. The number of carbonyl (C=O) groups is 1. The second-order valence-electron chi connectivity index (χ2n) is 5.64. The Morgan fingerprint density at radius 1 is 1.04 bits per heavy atom. The Morgan fingerprint density at radius 2 is 1.70 bits per heavy atom. The first-order chi connectivity index (χ1) is 11.3. The van der Waals surface area contributed by atoms with Gasteiger partial charge in [-0.2, -0.15) is 0 Å². The molecule has 1 aliphatic heterocycles. The van der Waals surface area contributed by atoms with E-state index in [2.05, 4.69) is 17.0 Å². The molecule has 1 heterocycles. The zero-order valence-corrected chi connectivity index (χ0v) is 13.1. The number of ether oxygens (including phenoxy) is 2. The quantitative estimate of drug-likeness (QED) is 0.796. The van der Waals surface area contributed by atoms with Crippen molar-refractivity contribution in [2.24, 2.45) is 0 Å². The molecule has 1 saturated heterocycles. The first-order valence-corrected chi connectivity index (χ1v) is 7.89. The van der Waals surface area contributed by atoms with Gasteiger partial charge in [0.1, 0.15) is 12.6 Å². The second-order valence-corrected chi connectivity index (χ2v) is 5.64. The van der Waals surface area contributed by atoms with Gasteiger partial charge in [-0.05, 0) is 11.1 Å². The molecule has 0 radical (unpaired) electrons. The number of morpholine rings is 1. The molecule has 1 fully saturated rings. The number of carbonyl (C=O) groups excluding carboxylic acids is 1. The molecule has 0 amide bonds. The van der Waals surface area contributed by atoms with Crippen molar-refractivity contribution < 1.29 is 14.3 Å². The minimum absolute atomic E-state index is 0.218. The summed E-state index contributed by atoms with van der Waals surface area (Å²) in [4.78, 5) is 14.6. The molecule has 1 aliphatic rings. The van der Waals surface area contributed by atoms with Gasteiger partial charge in [-0.1, -0.05) is 60.7 Å². The maximum Gasteiger partial charge on any atom is 0.326 e. The van der Waals surface area contributed by atoms with E-state index in [1.54, 1.807) is 0 Å². The van der Waals surface area contributed by atoms with Gasteiger partial charge in [0.25, 0.3) is 0 Å². The molecule has 4 heteroatoms. The van der Waals surface area contributed by atoms with Gasteiger partial charge < -0.3 is 9.47 Å². The highest BCUT2D eigenvalue weighted by Crippen LogP contribution is 2.14. The first kappa shape index (κ1) is 15.7. The number of benzene rings is 2. The van der Waals surface area contributed by atoms with Crippen molar-refractivity contribution in [2.75, 3.05) is 19.8 Å². The van der Waals surface area contributed by atoms with E-state index in [0.29, 0.717) is 19.8 Å². The number of hydrogen-bond acceptors (Lipinski definition) is 4. The number of nitrogens with zero attached hydrogens (tertiary/aromatic N) is 1. The summed E-state index contributed by atoms with van der Waals surface area (Å²) in [7, 11) is 0. The Morgan fingerprint density at radius 3 is 2.39 bits per heavy atom. The molecule has 0 saturated carbocycles. The summed E-state index contributed by atoms with van der Waals surface area (Å²) in [6.07, 6.45) is 0. The molecule has 2 aromatic carbocycles. The van der Waals surface area contributed by atoms with E-state index in [-0.39, 0.29) is 12.0 Å². The summed E-state index contributed by atoms with van der Waals surface area (Å²) in [6, 6.07) is 19.5. The molecule has 2 aromatic rings. The lowest BCUT2D eigenvalue weighted by Crippen LogP contribution is -2.50. The molecule has 3 rings (SSSR count). The maximum absolute atomic E-state index is 12.4. The van der Waals surface area contributed by atoms with Gasteiger partial charge in [-0.25, -0.2) is 0 Å². The minimum Gasteiger partial charge on any atom is -0.460 e. The van der Waals surface area contributed by atoms with Crippen LogP contribution in [-0.4, -0.2) is 36.7 Å². The van der Waals surface area contributed by atoms with Crippen molar-refractivity contribution >= 4 is 5.97 Å². The van der Waals surface area contributed by atoms with E-state index >= 15 is 0 Å². The molecule has 120 valence electrons. The highest BCUT2D eigenvalue weighted by atomic mass is 16.5. The van der Waals surface area contributed by atoms with Crippen molar-refractivity contribution in [3.05, 3.63) is 71.8 Å². The van der Waals surface area contributed by atoms with E-state index in [1.165, 1.54) is 5.56 Å². The molecule has 23 heavy (non-hydrogen) atoms. The van der Waals surface area contributed by atoms with Crippen molar-refractivity contribution in [2.45, 2.75) is 19.2 Å². The molecule has 0 bridgehead atoms. The summed E-state index contributed by atoms with van der Waals surface area (Å²) >= 11 is 0. The van der Waals surface area contributed by atoms with Crippen LogP contribution >= 0.6 is 0 Å². The summed E-state index contributed by atoms with van der Waals surface area (Å²) < 4.78 is 11.0. The maximum atomic E-state index is 12.4. The van der Waals surface area contributed by atoms with Crippen LogP contribution in [0.3, 0.4) is 0 Å². The van der Waals surface area contributed by atoms with Crippen molar-refractivity contribution in [3.63, 3.8) is 0 Å². The van der Waals surface area contributed by atoms with Crippen LogP contribution < -0.4 is 0 Å². The van der Waals surface area contributed by atoms with Crippen molar-refractivity contribution in [1.29, 1.82) is 0 Å². The molecule has 0 N–H and O–H groups in total. The second kappa shape index (κ2) is 7.90. The van der Waals surface area contributed by atoms with Gasteiger partial charge in [0, 0.05) is 13.1 Å². The molecule has 4 nitrogen and oxygen atoms in total. The van der Waals surface area contributed by atoms with Crippen LogP contribution in [-0.2, 0) is 27.4 Å². The lowest BCUT2D eigenvalue weighted by atomic mass is 10.1. The summed E-state index contributed by atoms with van der Waals surface area (Å²) in [5.41, 5.74) is 2.18. The molecule has 0 unspecified atom stereocenters. The van der Waals surface area contributed by atoms with Gasteiger partial charge in [0.05, 0.1) is 13.2 Å². The lowest BCUT2D eigenvalue weighted by molar-refractivity contribution is -0.158. The standard InChI is InChI=1S/C19H21NO3/c21-19(23-14-17-9-5-2-6-10-17)18-15-22-12-11-20(18)13-16-7-3-1-4-8-16/h1-10,18H,11-15H2/t18-/m0/s1. The molecule has 0 spiro atoms. The van der Waals surface area contributed by atoms with Gasteiger partial charge >= 0.3 is 5.97 Å². The normalized spacial score (nSPS) is 18.5. The summed E-state index contributed by atoms with van der Waals surface area (Å²) in [6.45, 7) is 2.81. The third-order valence-electron chi connectivity index (χ3n) is 3.96. The van der Waals surface area contributed by atoms with Crippen molar-refractivity contribution in [1.82, 2.24) is 4.90 Å². The SMILES string of the molecule is O=C(OCc1ccccc1)[C@@H]1COCCN1Cc1ccccc1. The predicted octanol–water partition coefficient (Wildman–Crippen LogP) is 2.63. The Hall–Kier alpha value is -2.17. The lowest BCUT2D eigenvalue weighted by Gasteiger charge is -2.33. The Balaban J connectivity index is 1.60. The highest BCUT2D eigenvalue weighted by molar-refractivity contribution is 5.76. The van der Waals surface area contributed by atoms with Crippen LogP contribution in [0.4, 0.5) is 0 Å². The molecule has 0 aliphatic carbocycles. The van der Waals surface area contributed by atoms with E-state index in [9.17, 15) is 4.79 Å². The van der Waals surface area contributed by atoms with Crippen LogP contribution in [0.5, 0.6) is 0 Å². The van der Waals surface area contributed by atoms with E-state index in [4.69, 9.17) is 9.47 Å². The summed E-state index contributed by atoms with van der Waals surface area (Å²) in [5, 5.41) is 0. The summed E-state index contributed by atoms with van der Waals surface area (Å²) in [5.74, 6) is -0.218. The Bertz CT molecular complexity index is 615. The number of hydrogen-bond donors (Lipinski definition) is 0. The van der Waals surface area contributed by atoms with E-state index in [1.807, 2.05) is 48.5 Å². The average Bonchev–Trinajstić information content (AvgIpc) is 2.62. The Kier molecular flexibility index (Phi) is 5.40. The third kappa shape index (κ3) is 4.41. The zero-order chi connectivity index (χ0) is 15.9. The smallest absolute Gasteiger partial charge is 0.326 e. The average molecular weight is 311 g/mol. The topological polar surface area (TPSA) is 38.8 Å². The van der Waals surface area contributed by atoms with E-state index < -0.39 is 0 Å². The van der Waals surface area contributed by atoms with Crippen LogP contribution in [0, 0.1) is 0 Å². The molecule has 1 atom stereocenters. The first-order valence-electron chi connectivity index (χ1n) is 7.89. The monoisotopic (exact) mass is 311 g/mol. The van der Waals surface area contributed by atoms with Crippen LogP contribution in [0.15, 0.2) is 60.7 Å². The van der Waals surface area contributed by atoms with Crippen LogP contribution in [0.2, 0.25) is 0 Å². The van der Waals surface area contributed by atoms with Gasteiger partial charge in [-0.3, -0.25) is 9.69 Å².